The van der Waals surface area contributed by atoms with E-state index in [2.05, 4.69) is 5.32 Å². The Balaban J connectivity index is 3.05. The zero-order valence-electron chi connectivity index (χ0n) is 10.9. The molecular weight excluding hydrogens is 240 g/mol. The largest absolute Gasteiger partial charge is 0.398 e. The van der Waals surface area contributed by atoms with Gasteiger partial charge in [-0.15, -0.1) is 0 Å². The molecule has 5 nitrogen and oxygen atoms in total. The van der Waals surface area contributed by atoms with Crippen molar-refractivity contribution in [3.63, 3.8) is 0 Å². The van der Waals surface area contributed by atoms with Gasteiger partial charge in [-0.1, -0.05) is 12.1 Å². The molecule has 0 saturated heterocycles. The number of anilines is 1. The molecule has 1 aromatic carbocycles. The first-order valence-corrected chi connectivity index (χ1v) is 5.80. The van der Waals surface area contributed by atoms with Gasteiger partial charge in [0.2, 0.25) is 0 Å². The molecule has 0 spiro atoms. The van der Waals surface area contributed by atoms with Crippen LogP contribution in [0.3, 0.4) is 0 Å². The zero-order valence-corrected chi connectivity index (χ0v) is 10.9. The Hall–Kier alpha value is -2.61. The van der Waals surface area contributed by atoms with Crippen molar-refractivity contribution in [3.8, 4) is 6.07 Å². The summed E-state index contributed by atoms with van der Waals surface area (Å²) in [5, 5.41) is 18.8. The quantitative estimate of drug-likeness (QED) is 0.330. The van der Waals surface area contributed by atoms with Crippen molar-refractivity contribution in [1.82, 2.24) is 5.32 Å². The number of carbonyl (C=O) groups is 1. The molecule has 19 heavy (non-hydrogen) atoms. The van der Waals surface area contributed by atoms with Crippen LogP contribution >= 0.6 is 0 Å². The molecule has 0 saturated carbocycles. The minimum absolute atomic E-state index is 0.0238. The lowest BCUT2D eigenvalue weighted by atomic mass is 10.1. The van der Waals surface area contributed by atoms with Crippen LogP contribution in [0.5, 0.6) is 0 Å². The van der Waals surface area contributed by atoms with Gasteiger partial charge in [-0.2, -0.15) is 5.26 Å². The fourth-order valence-electron chi connectivity index (χ4n) is 1.47. The summed E-state index contributed by atoms with van der Waals surface area (Å²) in [5.41, 5.74) is 7.45. The van der Waals surface area contributed by atoms with Gasteiger partial charge in [-0.05, 0) is 31.6 Å². The number of carbonyl (C=O) groups excluding carboxylic acids is 1. The minimum Gasteiger partial charge on any atom is -0.398 e. The maximum atomic E-state index is 11.7. The lowest BCUT2D eigenvalue weighted by Crippen LogP contribution is -2.30. The highest BCUT2D eigenvalue weighted by atomic mass is 16.1. The van der Waals surface area contributed by atoms with E-state index in [1.165, 1.54) is 6.08 Å². The van der Waals surface area contributed by atoms with Crippen LogP contribution in [0, 0.1) is 16.7 Å². The predicted octanol–water partition coefficient (Wildman–Crippen LogP) is 1.70. The minimum atomic E-state index is -0.410. The number of nitrogens with two attached hydrogens (primary N) is 1. The van der Waals surface area contributed by atoms with E-state index in [9.17, 15) is 4.79 Å². The molecule has 0 unspecified atom stereocenters. The van der Waals surface area contributed by atoms with Gasteiger partial charge in [0, 0.05) is 23.5 Å². The Morgan fingerprint density at radius 2 is 2.21 bits per heavy atom. The van der Waals surface area contributed by atoms with E-state index >= 15 is 0 Å². The van der Waals surface area contributed by atoms with Crippen LogP contribution in [0.15, 0.2) is 23.8 Å². The number of nitrogens with one attached hydrogen (secondary N) is 2. The highest BCUT2D eigenvalue weighted by Crippen LogP contribution is 2.15. The summed E-state index contributed by atoms with van der Waals surface area (Å²) in [6.45, 7) is 3.65. The van der Waals surface area contributed by atoms with Crippen LogP contribution in [-0.4, -0.2) is 18.2 Å². The summed E-state index contributed by atoms with van der Waals surface area (Å²) in [6, 6.07) is 6.83. The van der Waals surface area contributed by atoms with Crippen LogP contribution in [0.4, 0.5) is 5.69 Å². The number of hydrogen-bond donors (Lipinski definition) is 3. The van der Waals surface area contributed by atoms with E-state index in [1.807, 2.05) is 19.9 Å². The fraction of sp³-hybridized carbons (Fsp3) is 0.214. The van der Waals surface area contributed by atoms with Crippen molar-refractivity contribution in [2.24, 2.45) is 0 Å². The number of benzene rings is 1. The van der Waals surface area contributed by atoms with Gasteiger partial charge in [0.25, 0.3) is 5.91 Å². The Bertz CT molecular complexity index is 567. The molecule has 0 bridgehead atoms. The van der Waals surface area contributed by atoms with Crippen LogP contribution in [0.2, 0.25) is 0 Å². The zero-order chi connectivity index (χ0) is 14.4. The van der Waals surface area contributed by atoms with Crippen molar-refractivity contribution in [2.75, 3.05) is 5.73 Å². The third kappa shape index (κ3) is 3.96. The molecule has 0 radical (unpaired) electrons. The molecule has 1 aromatic rings. The molecule has 5 heteroatoms. The summed E-state index contributed by atoms with van der Waals surface area (Å²) in [4.78, 5) is 11.7. The third-order valence-electron chi connectivity index (χ3n) is 2.36. The van der Waals surface area contributed by atoms with E-state index in [0.717, 1.165) is 6.21 Å². The summed E-state index contributed by atoms with van der Waals surface area (Å²) in [7, 11) is 0. The molecule has 0 aliphatic heterocycles. The molecule has 0 atom stereocenters. The first-order valence-electron chi connectivity index (χ1n) is 5.80. The van der Waals surface area contributed by atoms with Gasteiger partial charge in [-0.25, -0.2) is 0 Å². The average molecular weight is 256 g/mol. The molecule has 1 amide bonds. The molecule has 0 aliphatic rings. The summed E-state index contributed by atoms with van der Waals surface area (Å²) < 4.78 is 0. The standard InChI is InChI=1S/C14H16N4O/c1-9(2)18-14(19)12(8-16)5-10-3-4-11(7-15)13(17)6-10/h3-7,9,15H,17H2,1-2H3,(H,18,19). The van der Waals surface area contributed by atoms with E-state index in [1.54, 1.807) is 18.2 Å². The fourth-order valence-corrected chi connectivity index (χ4v) is 1.47. The van der Waals surface area contributed by atoms with Crippen LogP contribution in [-0.2, 0) is 4.79 Å². The maximum absolute atomic E-state index is 11.7. The topological polar surface area (TPSA) is 103 Å². The van der Waals surface area contributed by atoms with Crippen LogP contribution < -0.4 is 11.1 Å². The second kappa shape index (κ2) is 6.36. The number of amides is 1. The number of nitrogens with zero attached hydrogens (tertiary/aromatic N) is 1. The lowest BCUT2D eigenvalue weighted by Gasteiger charge is -2.07. The van der Waals surface area contributed by atoms with Crippen molar-refractivity contribution < 1.29 is 4.79 Å². The highest BCUT2D eigenvalue weighted by Gasteiger charge is 2.10. The van der Waals surface area contributed by atoms with Gasteiger partial charge in [0.15, 0.2) is 0 Å². The van der Waals surface area contributed by atoms with E-state index in [-0.39, 0.29) is 11.6 Å². The molecule has 4 N–H and O–H groups in total. The monoisotopic (exact) mass is 256 g/mol. The molecule has 0 heterocycles. The van der Waals surface area contributed by atoms with Gasteiger partial charge < -0.3 is 16.5 Å². The van der Waals surface area contributed by atoms with Gasteiger partial charge in [-0.3, -0.25) is 4.79 Å². The molecular formula is C14H16N4O. The number of nitriles is 1. The number of nitrogen functional groups attached to an aromatic ring is 1. The molecule has 0 aromatic heterocycles. The van der Waals surface area contributed by atoms with Crippen LogP contribution in [0.1, 0.15) is 25.0 Å². The second-order valence-corrected chi connectivity index (χ2v) is 4.33. The van der Waals surface area contributed by atoms with E-state index < -0.39 is 5.91 Å². The Morgan fingerprint density at radius 1 is 1.53 bits per heavy atom. The van der Waals surface area contributed by atoms with Crippen molar-refractivity contribution in [2.45, 2.75) is 19.9 Å². The lowest BCUT2D eigenvalue weighted by molar-refractivity contribution is -0.117. The van der Waals surface area contributed by atoms with Gasteiger partial charge in [0.05, 0.1) is 0 Å². The highest BCUT2D eigenvalue weighted by molar-refractivity contribution is 6.02. The molecule has 98 valence electrons. The van der Waals surface area contributed by atoms with Crippen molar-refractivity contribution >= 4 is 23.9 Å². The molecule has 0 fully saturated rings. The van der Waals surface area contributed by atoms with Crippen molar-refractivity contribution in [3.05, 3.63) is 34.9 Å². The van der Waals surface area contributed by atoms with Gasteiger partial charge in [0.1, 0.15) is 11.6 Å². The summed E-state index contributed by atoms with van der Waals surface area (Å²) in [5.74, 6) is -0.410. The van der Waals surface area contributed by atoms with Crippen molar-refractivity contribution in [1.29, 1.82) is 10.7 Å². The normalized spacial score (nSPS) is 10.9. The van der Waals surface area contributed by atoms with E-state index in [4.69, 9.17) is 16.4 Å². The average Bonchev–Trinajstić information content (AvgIpc) is 2.35. The van der Waals surface area contributed by atoms with Gasteiger partial charge >= 0.3 is 0 Å². The van der Waals surface area contributed by atoms with E-state index in [0.29, 0.717) is 16.8 Å². The Labute approximate surface area is 112 Å². The van der Waals surface area contributed by atoms with Crippen LogP contribution in [0.25, 0.3) is 6.08 Å². The first-order chi connectivity index (χ1) is 8.97. The third-order valence-corrected chi connectivity index (χ3v) is 2.36. The first kappa shape index (κ1) is 14.5. The molecule has 0 aliphatic carbocycles. The maximum Gasteiger partial charge on any atom is 0.262 e. The Kier molecular flexibility index (Phi) is 4.84. The number of hydrogen-bond acceptors (Lipinski definition) is 4. The molecule has 1 rings (SSSR count). The number of rotatable bonds is 4. The SMILES string of the molecule is CC(C)NC(=O)C(C#N)=Cc1ccc(C=N)c(N)c1. The smallest absolute Gasteiger partial charge is 0.262 e. The predicted molar refractivity (Wildman–Crippen MR) is 75.6 cm³/mol. The second-order valence-electron chi connectivity index (χ2n) is 4.33. The Morgan fingerprint density at radius 3 is 2.68 bits per heavy atom. The summed E-state index contributed by atoms with van der Waals surface area (Å²) in [6.07, 6.45) is 2.63. The summed E-state index contributed by atoms with van der Waals surface area (Å²) >= 11 is 0.